The minimum absolute atomic E-state index is 0.0405. The molecule has 126 valence electrons. The van der Waals surface area contributed by atoms with Crippen LogP contribution in [0.15, 0.2) is 41.0 Å². The average molecular weight is 332 g/mol. The Morgan fingerprint density at radius 1 is 1.42 bits per heavy atom. The SMILES string of the molecule is O=C(NC[C@@H](O)c1ccco1)c1cc(N2CCCC2=O)ccc1F. The minimum Gasteiger partial charge on any atom is -0.467 e. The number of furan rings is 1. The van der Waals surface area contributed by atoms with E-state index in [1.54, 1.807) is 12.1 Å². The maximum atomic E-state index is 14.0. The molecular formula is C17H17FN2O4. The van der Waals surface area contributed by atoms with Crippen LogP contribution in [0.1, 0.15) is 35.1 Å². The molecule has 1 aliphatic rings. The van der Waals surface area contributed by atoms with E-state index in [-0.39, 0.29) is 18.0 Å². The summed E-state index contributed by atoms with van der Waals surface area (Å²) < 4.78 is 19.0. The third kappa shape index (κ3) is 3.30. The van der Waals surface area contributed by atoms with E-state index < -0.39 is 17.8 Å². The molecule has 0 saturated carbocycles. The molecule has 0 unspecified atom stereocenters. The number of halogens is 1. The van der Waals surface area contributed by atoms with Gasteiger partial charge in [0.25, 0.3) is 5.91 Å². The molecule has 6 nitrogen and oxygen atoms in total. The summed E-state index contributed by atoms with van der Waals surface area (Å²) in [5.41, 5.74) is 0.328. The number of anilines is 1. The van der Waals surface area contributed by atoms with Crippen LogP contribution in [0.5, 0.6) is 0 Å². The number of rotatable bonds is 5. The van der Waals surface area contributed by atoms with Gasteiger partial charge in [-0.15, -0.1) is 0 Å². The van der Waals surface area contributed by atoms with Crippen LogP contribution in [-0.4, -0.2) is 30.0 Å². The summed E-state index contributed by atoms with van der Waals surface area (Å²) in [5, 5.41) is 12.3. The van der Waals surface area contributed by atoms with Crippen molar-refractivity contribution in [3.8, 4) is 0 Å². The summed E-state index contributed by atoms with van der Waals surface area (Å²) in [4.78, 5) is 25.5. The fourth-order valence-corrected chi connectivity index (χ4v) is 2.64. The van der Waals surface area contributed by atoms with Crippen molar-refractivity contribution in [3.63, 3.8) is 0 Å². The summed E-state index contributed by atoms with van der Waals surface area (Å²) in [5.74, 6) is -1.07. The average Bonchev–Trinajstić information content (AvgIpc) is 3.24. The molecule has 0 aliphatic carbocycles. The van der Waals surface area contributed by atoms with Gasteiger partial charge in [0, 0.05) is 18.7 Å². The molecule has 0 bridgehead atoms. The van der Waals surface area contributed by atoms with E-state index in [1.165, 1.54) is 29.4 Å². The van der Waals surface area contributed by atoms with E-state index in [0.29, 0.717) is 24.4 Å². The Kier molecular flexibility index (Phi) is 4.61. The number of hydrogen-bond acceptors (Lipinski definition) is 4. The standard InChI is InChI=1S/C17H17FN2O4/c18-13-6-5-11(20-7-1-4-16(20)22)9-12(13)17(23)19-10-14(21)15-3-2-8-24-15/h2-3,5-6,8-9,14,21H,1,4,7,10H2,(H,19,23)/t14-/m1/s1. The van der Waals surface area contributed by atoms with Gasteiger partial charge in [-0.1, -0.05) is 0 Å². The second-order valence-corrected chi connectivity index (χ2v) is 5.55. The van der Waals surface area contributed by atoms with Crippen LogP contribution >= 0.6 is 0 Å². The highest BCUT2D eigenvalue weighted by Crippen LogP contribution is 2.24. The summed E-state index contributed by atoms with van der Waals surface area (Å²) in [6.45, 7) is 0.446. The van der Waals surface area contributed by atoms with E-state index in [1.807, 2.05) is 0 Å². The van der Waals surface area contributed by atoms with E-state index in [4.69, 9.17) is 4.42 Å². The fraction of sp³-hybridized carbons (Fsp3) is 0.294. The van der Waals surface area contributed by atoms with Gasteiger partial charge in [0.2, 0.25) is 5.91 Å². The lowest BCUT2D eigenvalue weighted by atomic mass is 10.1. The molecule has 1 atom stereocenters. The first kappa shape index (κ1) is 16.2. The molecule has 0 radical (unpaired) electrons. The van der Waals surface area contributed by atoms with Crippen LogP contribution < -0.4 is 10.2 Å². The first-order valence-corrected chi connectivity index (χ1v) is 7.66. The van der Waals surface area contributed by atoms with Gasteiger partial charge in [-0.3, -0.25) is 9.59 Å². The number of hydrogen-bond donors (Lipinski definition) is 2. The molecule has 1 saturated heterocycles. The van der Waals surface area contributed by atoms with Crippen molar-refractivity contribution in [1.82, 2.24) is 5.32 Å². The van der Waals surface area contributed by atoms with E-state index in [9.17, 15) is 19.1 Å². The third-order valence-electron chi connectivity index (χ3n) is 3.91. The lowest BCUT2D eigenvalue weighted by Crippen LogP contribution is -2.29. The predicted octanol–water partition coefficient (Wildman–Crippen LogP) is 2.01. The monoisotopic (exact) mass is 332 g/mol. The molecule has 1 fully saturated rings. The van der Waals surface area contributed by atoms with Gasteiger partial charge in [0.1, 0.15) is 17.7 Å². The topological polar surface area (TPSA) is 82.8 Å². The van der Waals surface area contributed by atoms with Gasteiger partial charge < -0.3 is 19.7 Å². The molecule has 2 aromatic rings. The van der Waals surface area contributed by atoms with Crippen molar-refractivity contribution >= 4 is 17.5 Å². The Bertz CT molecular complexity index is 745. The zero-order chi connectivity index (χ0) is 17.1. The van der Waals surface area contributed by atoms with E-state index in [0.717, 1.165) is 6.42 Å². The van der Waals surface area contributed by atoms with Gasteiger partial charge in [0.15, 0.2) is 0 Å². The highest BCUT2D eigenvalue weighted by molar-refractivity contribution is 5.99. The Balaban J connectivity index is 1.71. The quantitative estimate of drug-likeness (QED) is 0.877. The number of benzene rings is 1. The van der Waals surface area contributed by atoms with Gasteiger partial charge in [0.05, 0.1) is 18.4 Å². The van der Waals surface area contributed by atoms with Crippen LogP contribution in [0.4, 0.5) is 10.1 Å². The molecule has 7 heteroatoms. The number of carbonyl (C=O) groups excluding carboxylic acids is 2. The molecule has 1 aromatic heterocycles. The van der Waals surface area contributed by atoms with Crippen LogP contribution in [-0.2, 0) is 4.79 Å². The van der Waals surface area contributed by atoms with Gasteiger partial charge in [-0.05, 0) is 36.8 Å². The van der Waals surface area contributed by atoms with Crippen molar-refractivity contribution in [3.05, 3.63) is 53.7 Å². The maximum Gasteiger partial charge on any atom is 0.254 e. The predicted molar refractivity (Wildman–Crippen MR) is 84.0 cm³/mol. The Labute approximate surface area is 137 Å². The Morgan fingerprint density at radius 2 is 2.25 bits per heavy atom. The lowest BCUT2D eigenvalue weighted by Gasteiger charge is -2.17. The summed E-state index contributed by atoms with van der Waals surface area (Å²) in [6.07, 6.45) is 1.59. The van der Waals surface area contributed by atoms with E-state index >= 15 is 0 Å². The van der Waals surface area contributed by atoms with Crippen molar-refractivity contribution in [1.29, 1.82) is 0 Å². The van der Waals surface area contributed by atoms with Crippen LogP contribution in [0, 0.1) is 5.82 Å². The first-order valence-electron chi connectivity index (χ1n) is 7.66. The van der Waals surface area contributed by atoms with Crippen LogP contribution in [0.3, 0.4) is 0 Å². The van der Waals surface area contributed by atoms with Gasteiger partial charge in [-0.2, -0.15) is 0 Å². The molecular weight excluding hydrogens is 315 g/mol. The second-order valence-electron chi connectivity index (χ2n) is 5.55. The number of carbonyl (C=O) groups is 2. The Morgan fingerprint density at radius 3 is 2.92 bits per heavy atom. The second kappa shape index (κ2) is 6.84. The lowest BCUT2D eigenvalue weighted by molar-refractivity contribution is -0.117. The molecule has 1 aliphatic heterocycles. The molecule has 2 N–H and O–H groups in total. The summed E-state index contributed by atoms with van der Waals surface area (Å²) in [7, 11) is 0. The van der Waals surface area contributed by atoms with Crippen molar-refractivity contribution < 1.29 is 23.5 Å². The van der Waals surface area contributed by atoms with Gasteiger partial charge >= 0.3 is 0 Å². The summed E-state index contributed by atoms with van der Waals surface area (Å²) >= 11 is 0. The first-order chi connectivity index (χ1) is 11.6. The zero-order valence-corrected chi connectivity index (χ0v) is 12.9. The number of amides is 2. The van der Waals surface area contributed by atoms with Crippen molar-refractivity contribution in [2.45, 2.75) is 18.9 Å². The van der Waals surface area contributed by atoms with Crippen LogP contribution in [0.25, 0.3) is 0 Å². The molecule has 2 heterocycles. The van der Waals surface area contributed by atoms with E-state index in [2.05, 4.69) is 5.32 Å². The summed E-state index contributed by atoms with van der Waals surface area (Å²) in [6, 6.07) is 7.20. The largest absolute Gasteiger partial charge is 0.467 e. The zero-order valence-electron chi connectivity index (χ0n) is 12.9. The molecule has 24 heavy (non-hydrogen) atoms. The Hall–Kier alpha value is -2.67. The highest BCUT2D eigenvalue weighted by atomic mass is 19.1. The minimum atomic E-state index is -1.02. The number of nitrogens with one attached hydrogen (secondary N) is 1. The van der Waals surface area contributed by atoms with Crippen LogP contribution in [0.2, 0.25) is 0 Å². The third-order valence-corrected chi connectivity index (χ3v) is 3.91. The number of aliphatic hydroxyl groups is 1. The highest BCUT2D eigenvalue weighted by Gasteiger charge is 2.24. The molecule has 0 spiro atoms. The normalized spacial score (nSPS) is 15.6. The smallest absolute Gasteiger partial charge is 0.254 e. The molecule has 2 amide bonds. The van der Waals surface area contributed by atoms with Gasteiger partial charge in [-0.25, -0.2) is 4.39 Å². The maximum absolute atomic E-state index is 14.0. The number of aliphatic hydroxyl groups excluding tert-OH is 1. The number of nitrogens with zero attached hydrogens (tertiary/aromatic N) is 1. The van der Waals surface area contributed by atoms with Crippen molar-refractivity contribution in [2.24, 2.45) is 0 Å². The molecule has 3 rings (SSSR count). The van der Waals surface area contributed by atoms with Crippen molar-refractivity contribution in [2.75, 3.05) is 18.0 Å². The fourth-order valence-electron chi connectivity index (χ4n) is 2.64. The molecule has 1 aromatic carbocycles.